The summed E-state index contributed by atoms with van der Waals surface area (Å²) in [5, 5.41) is 4.04. The highest BCUT2D eigenvalue weighted by Gasteiger charge is 2.36. The molecule has 0 aliphatic heterocycles. The second kappa shape index (κ2) is 7.12. The van der Waals surface area contributed by atoms with Gasteiger partial charge in [-0.1, -0.05) is 18.2 Å². The molecule has 0 aliphatic rings. The van der Waals surface area contributed by atoms with Crippen molar-refractivity contribution in [3.05, 3.63) is 66.1 Å². The second-order valence-electron chi connectivity index (χ2n) is 5.77. The van der Waals surface area contributed by atoms with E-state index < -0.39 is 26.7 Å². The minimum Gasteiger partial charge on any atom is -0.275 e. The minimum absolute atomic E-state index is 0.186. The minimum atomic E-state index is -4.77. The van der Waals surface area contributed by atoms with Crippen LogP contribution in [0.5, 0.6) is 0 Å². The Morgan fingerprint density at radius 3 is 2.44 bits per heavy atom. The molecule has 6 nitrogen and oxygen atoms in total. The summed E-state index contributed by atoms with van der Waals surface area (Å²) in [6.07, 6.45) is 0.107. The van der Waals surface area contributed by atoms with Crippen LogP contribution in [-0.2, 0) is 29.8 Å². The van der Waals surface area contributed by atoms with Gasteiger partial charge in [0, 0.05) is 31.5 Å². The lowest BCUT2D eigenvalue weighted by Crippen LogP contribution is -2.26. The molecule has 3 aromatic rings. The van der Waals surface area contributed by atoms with Gasteiger partial charge in [0.2, 0.25) is 10.0 Å². The Kier molecular flexibility index (Phi) is 5.03. The van der Waals surface area contributed by atoms with Gasteiger partial charge in [0.05, 0.1) is 22.3 Å². The van der Waals surface area contributed by atoms with Gasteiger partial charge in [0.1, 0.15) is 0 Å². The predicted molar refractivity (Wildman–Crippen MR) is 91.9 cm³/mol. The molecule has 3 rings (SSSR count). The summed E-state index contributed by atoms with van der Waals surface area (Å²) in [6.45, 7) is -0.186. The van der Waals surface area contributed by atoms with E-state index >= 15 is 0 Å². The maximum absolute atomic E-state index is 13.0. The van der Waals surface area contributed by atoms with Crippen LogP contribution >= 0.6 is 0 Å². The normalized spacial score (nSPS) is 12.3. The Balaban J connectivity index is 1.77. The molecule has 0 fully saturated rings. The van der Waals surface area contributed by atoms with Crippen molar-refractivity contribution in [2.24, 2.45) is 7.05 Å². The highest BCUT2D eigenvalue weighted by Crippen LogP contribution is 2.33. The molecule has 10 heteroatoms. The third kappa shape index (κ3) is 4.34. The number of halogens is 3. The number of rotatable bonds is 5. The van der Waals surface area contributed by atoms with Crippen molar-refractivity contribution < 1.29 is 21.6 Å². The average Bonchev–Trinajstić information content (AvgIpc) is 3.06. The fourth-order valence-electron chi connectivity index (χ4n) is 2.44. The summed E-state index contributed by atoms with van der Waals surface area (Å²) in [7, 11) is -2.57. The molecule has 27 heavy (non-hydrogen) atoms. The van der Waals surface area contributed by atoms with E-state index in [1.165, 1.54) is 12.3 Å². The van der Waals surface area contributed by atoms with Crippen LogP contribution in [0.4, 0.5) is 13.2 Å². The molecular formula is C17H15F3N4O2S. The van der Waals surface area contributed by atoms with Crippen molar-refractivity contribution >= 4 is 10.0 Å². The van der Waals surface area contributed by atoms with Gasteiger partial charge in [-0.05, 0) is 23.8 Å². The smallest absolute Gasteiger partial charge is 0.275 e. The summed E-state index contributed by atoms with van der Waals surface area (Å²) in [5.74, 6) is 0. The van der Waals surface area contributed by atoms with Crippen molar-refractivity contribution in [1.29, 1.82) is 0 Å². The molecule has 0 amide bonds. The van der Waals surface area contributed by atoms with Crippen molar-refractivity contribution in [2.75, 3.05) is 0 Å². The molecule has 0 unspecified atom stereocenters. The van der Waals surface area contributed by atoms with E-state index in [1.54, 1.807) is 36.3 Å². The summed E-state index contributed by atoms with van der Waals surface area (Å²) in [4.78, 5) is 3.42. The first-order chi connectivity index (χ1) is 12.7. The number of aryl methyl sites for hydroxylation is 1. The van der Waals surface area contributed by atoms with Crippen LogP contribution in [0, 0.1) is 0 Å². The highest BCUT2D eigenvalue weighted by molar-refractivity contribution is 7.89. The molecule has 0 saturated carbocycles. The van der Waals surface area contributed by atoms with E-state index in [1.807, 2.05) is 0 Å². The lowest BCUT2D eigenvalue weighted by Gasteiger charge is -2.13. The summed E-state index contributed by atoms with van der Waals surface area (Å²) < 4.78 is 67.6. The quantitative estimate of drug-likeness (QED) is 0.719. The predicted octanol–water partition coefficient (Wildman–Crippen LogP) is 2.98. The number of aromatic nitrogens is 3. The number of benzene rings is 1. The first-order valence-electron chi connectivity index (χ1n) is 7.77. The number of nitrogens with one attached hydrogen (secondary N) is 1. The number of sulfonamides is 1. The van der Waals surface area contributed by atoms with Gasteiger partial charge in [0.25, 0.3) is 0 Å². The summed E-state index contributed by atoms with van der Waals surface area (Å²) in [5.41, 5.74) is 0.749. The number of hydrogen-bond acceptors (Lipinski definition) is 4. The van der Waals surface area contributed by atoms with Gasteiger partial charge < -0.3 is 0 Å². The van der Waals surface area contributed by atoms with Gasteiger partial charge in [-0.3, -0.25) is 9.67 Å². The van der Waals surface area contributed by atoms with Crippen LogP contribution in [-0.4, -0.2) is 23.2 Å². The molecule has 2 heterocycles. The van der Waals surface area contributed by atoms with Crippen LogP contribution in [0.3, 0.4) is 0 Å². The van der Waals surface area contributed by atoms with Gasteiger partial charge in [-0.2, -0.15) is 18.3 Å². The van der Waals surface area contributed by atoms with E-state index in [4.69, 9.17) is 0 Å². The number of nitrogens with zero attached hydrogens (tertiary/aromatic N) is 3. The maximum atomic E-state index is 13.0. The Bertz CT molecular complexity index is 1040. The Morgan fingerprint density at radius 2 is 1.85 bits per heavy atom. The van der Waals surface area contributed by atoms with Crippen LogP contribution in [0.25, 0.3) is 11.3 Å². The van der Waals surface area contributed by atoms with Crippen LogP contribution < -0.4 is 4.72 Å². The molecule has 0 spiro atoms. The molecule has 1 N–H and O–H groups in total. The summed E-state index contributed by atoms with van der Waals surface area (Å²) in [6, 6.07) is 7.38. The van der Waals surface area contributed by atoms with Gasteiger partial charge in [-0.25, -0.2) is 13.1 Å². The van der Waals surface area contributed by atoms with Gasteiger partial charge >= 0.3 is 6.18 Å². The molecule has 0 radical (unpaired) electrons. The lowest BCUT2D eigenvalue weighted by atomic mass is 10.2. The number of hydrogen-bond donors (Lipinski definition) is 1. The van der Waals surface area contributed by atoms with Crippen LogP contribution in [0.2, 0.25) is 0 Å². The molecule has 0 atom stereocenters. The van der Waals surface area contributed by atoms with E-state index in [9.17, 15) is 21.6 Å². The lowest BCUT2D eigenvalue weighted by molar-refractivity contribution is -0.139. The van der Waals surface area contributed by atoms with E-state index in [0.717, 1.165) is 23.8 Å². The van der Waals surface area contributed by atoms with Crippen molar-refractivity contribution in [3.8, 4) is 11.3 Å². The second-order valence-corrected chi connectivity index (χ2v) is 7.51. The summed E-state index contributed by atoms with van der Waals surface area (Å²) >= 11 is 0. The zero-order valence-corrected chi connectivity index (χ0v) is 14.9. The SMILES string of the molecule is Cn1cc(-c2ccc(CNS(=O)(=O)c3ccccc3C(F)(F)F)cn2)cn1. The molecule has 0 saturated heterocycles. The topological polar surface area (TPSA) is 76.9 Å². The third-order valence-electron chi connectivity index (χ3n) is 3.77. The fourth-order valence-corrected chi connectivity index (χ4v) is 3.69. The molecule has 0 aliphatic carbocycles. The largest absolute Gasteiger partial charge is 0.417 e. The Hall–Kier alpha value is -2.72. The Morgan fingerprint density at radius 1 is 1.11 bits per heavy atom. The maximum Gasteiger partial charge on any atom is 0.417 e. The molecule has 0 bridgehead atoms. The average molecular weight is 396 g/mol. The van der Waals surface area contributed by atoms with Crippen molar-refractivity contribution in [1.82, 2.24) is 19.5 Å². The van der Waals surface area contributed by atoms with Crippen LogP contribution in [0.15, 0.2) is 59.9 Å². The first kappa shape index (κ1) is 19.1. The highest BCUT2D eigenvalue weighted by atomic mass is 32.2. The van der Waals surface area contributed by atoms with E-state index in [-0.39, 0.29) is 6.54 Å². The monoisotopic (exact) mass is 396 g/mol. The van der Waals surface area contributed by atoms with Crippen LogP contribution in [0.1, 0.15) is 11.1 Å². The van der Waals surface area contributed by atoms with Gasteiger partial charge in [0.15, 0.2) is 0 Å². The van der Waals surface area contributed by atoms with E-state index in [0.29, 0.717) is 11.3 Å². The van der Waals surface area contributed by atoms with Crippen molar-refractivity contribution in [2.45, 2.75) is 17.6 Å². The zero-order chi connectivity index (χ0) is 19.7. The Labute approximate surface area is 153 Å². The van der Waals surface area contributed by atoms with Gasteiger partial charge in [-0.15, -0.1) is 0 Å². The molecular weight excluding hydrogens is 381 g/mol. The third-order valence-corrected chi connectivity index (χ3v) is 5.23. The number of pyridine rings is 1. The van der Waals surface area contributed by atoms with Crippen molar-refractivity contribution in [3.63, 3.8) is 0 Å². The zero-order valence-electron chi connectivity index (χ0n) is 14.1. The fraction of sp³-hybridized carbons (Fsp3) is 0.176. The molecule has 1 aromatic carbocycles. The molecule has 2 aromatic heterocycles. The van der Waals surface area contributed by atoms with E-state index in [2.05, 4.69) is 14.8 Å². The standard InChI is InChI=1S/C17H15F3N4O2S/c1-24-11-13(10-22-24)15-7-6-12(8-21-15)9-23-27(25,26)16-5-3-2-4-14(16)17(18,19)20/h2-8,10-11,23H,9H2,1H3. The first-order valence-corrected chi connectivity index (χ1v) is 9.25. The number of alkyl halides is 3. The molecule has 142 valence electrons.